The smallest absolute Gasteiger partial charge is 0.326 e. The number of carboxylic acid groups (broad SMARTS) is 3. The third-order valence-electron chi connectivity index (χ3n) is 6.85. The molecule has 9 heteroatoms. The van der Waals surface area contributed by atoms with Gasteiger partial charge in [-0.25, -0.2) is 4.79 Å². The molecule has 9 nitrogen and oxygen atoms in total. The number of Topliss-reactive ketones (excluding diaryl/α,β-unsaturated/α-hetero) is 1. The quantitative estimate of drug-likeness (QED) is 0.0905. The first-order valence-corrected chi connectivity index (χ1v) is 14.7. The van der Waals surface area contributed by atoms with Crippen LogP contribution in [0.15, 0.2) is 0 Å². The van der Waals surface area contributed by atoms with Gasteiger partial charge in [0.05, 0.1) is 5.92 Å². The summed E-state index contributed by atoms with van der Waals surface area (Å²) < 4.78 is 0. The van der Waals surface area contributed by atoms with Crippen molar-refractivity contribution in [1.82, 2.24) is 5.32 Å². The van der Waals surface area contributed by atoms with Gasteiger partial charge in [0.25, 0.3) is 0 Å². The van der Waals surface area contributed by atoms with Gasteiger partial charge in [0.15, 0.2) is 0 Å². The molecule has 0 aliphatic heterocycles. The SMILES string of the molecule is CCCC(NC(=O)CCC(CC(=O)CCCCCCCCCCCCCCCCC(=O)O)C(=O)O)C(=O)O. The van der Waals surface area contributed by atoms with Crippen LogP contribution in [0.5, 0.6) is 0 Å². The summed E-state index contributed by atoms with van der Waals surface area (Å²) in [5.41, 5.74) is 0. The monoisotopic (exact) mass is 541 g/mol. The zero-order valence-corrected chi connectivity index (χ0v) is 23.4. The number of nitrogens with one attached hydrogen (secondary N) is 1. The number of aliphatic carboxylic acids is 3. The van der Waals surface area contributed by atoms with Crippen LogP contribution in [0.2, 0.25) is 0 Å². The molecule has 2 unspecified atom stereocenters. The molecule has 0 aromatic rings. The summed E-state index contributed by atoms with van der Waals surface area (Å²) in [5.74, 6) is -4.46. The van der Waals surface area contributed by atoms with Crippen LogP contribution in [0.3, 0.4) is 0 Å². The summed E-state index contributed by atoms with van der Waals surface area (Å²) in [6, 6.07) is -0.975. The van der Waals surface area contributed by atoms with Crippen LogP contribution in [0, 0.1) is 5.92 Å². The van der Waals surface area contributed by atoms with E-state index in [1.165, 1.54) is 44.9 Å². The lowest BCUT2D eigenvalue weighted by Crippen LogP contribution is -2.40. The topological polar surface area (TPSA) is 158 Å². The number of rotatable bonds is 27. The third-order valence-corrected chi connectivity index (χ3v) is 6.85. The lowest BCUT2D eigenvalue weighted by atomic mass is 9.94. The van der Waals surface area contributed by atoms with Gasteiger partial charge in [-0.1, -0.05) is 90.4 Å². The van der Waals surface area contributed by atoms with Crippen LogP contribution in [0.1, 0.15) is 142 Å². The Morgan fingerprint density at radius 1 is 0.579 bits per heavy atom. The number of hydrogen-bond donors (Lipinski definition) is 4. The number of carboxylic acids is 3. The van der Waals surface area contributed by atoms with E-state index >= 15 is 0 Å². The van der Waals surface area contributed by atoms with Gasteiger partial charge in [-0.15, -0.1) is 0 Å². The van der Waals surface area contributed by atoms with Crippen molar-refractivity contribution in [1.29, 1.82) is 0 Å². The Morgan fingerprint density at radius 2 is 1.03 bits per heavy atom. The average molecular weight is 542 g/mol. The Morgan fingerprint density at radius 3 is 1.42 bits per heavy atom. The van der Waals surface area contributed by atoms with Gasteiger partial charge >= 0.3 is 17.9 Å². The van der Waals surface area contributed by atoms with Gasteiger partial charge in [0.1, 0.15) is 11.8 Å². The van der Waals surface area contributed by atoms with Crippen LogP contribution >= 0.6 is 0 Å². The van der Waals surface area contributed by atoms with Crippen molar-refractivity contribution in [3.63, 3.8) is 0 Å². The number of amides is 1. The number of carbonyl (C=O) groups is 5. The maximum atomic E-state index is 12.3. The molecule has 0 bridgehead atoms. The molecule has 0 aliphatic carbocycles. The molecule has 0 fully saturated rings. The minimum atomic E-state index is -1.11. The Labute approximate surface area is 228 Å². The van der Waals surface area contributed by atoms with E-state index in [2.05, 4.69) is 5.32 Å². The number of unbranched alkanes of at least 4 members (excludes halogenated alkanes) is 13. The highest BCUT2D eigenvalue weighted by Crippen LogP contribution is 2.17. The standard InChI is InChI=1S/C29H51NO8/c1-2-17-25(29(37)38)30-26(32)21-20-23(28(35)36)22-24(31)18-15-13-11-9-7-5-3-4-6-8-10-12-14-16-19-27(33)34/h23,25H,2-22H2,1H3,(H,30,32)(H,33,34)(H,35,36)(H,37,38). The molecule has 38 heavy (non-hydrogen) atoms. The molecular formula is C29H51NO8. The van der Waals surface area contributed by atoms with Crippen molar-refractivity contribution in [2.45, 2.75) is 148 Å². The first kappa shape index (κ1) is 35.5. The van der Waals surface area contributed by atoms with Crippen molar-refractivity contribution in [3.8, 4) is 0 Å². The van der Waals surface area contributed by atoms with E-state index < -0.39 is 35.8 Å². The number of ketones is 1. The minimum absolute atomic E-state index is 0.0121. The Kier molecular flexibility index (Phi) is 22.1. The van der Waals surface area contributed by atoms with Crippen LogP contribution in [-0.4, -0.2) is 51.0 Å². The lowest BCUT2D eigenvalue weighted by Gasteiger charge is -2.15. The molecule has 4 N–H and O–H groups in total. The average Bonchev–Trinajstić information content (AvgIpc) is 2.85. The zero-order chi connectivity index (χ0) is 28.6. The van der Waals surface area contributed by atoms with Crippen molar-refractivity contribution < 1.29 is 39.3 Å². The van der Waals surface area contributed by atoms with E-state index in [-0.39, 0.29) is 31.5 Å². The first-order valence-electron chi connectivity index (χ1n) is 14.7. The minimum Gasteiger partial charge on any atom is -0.481 e. The molecule has 0 rings (SSSR count). The van der Waals surface area contributed by atoms with Crippen molar-refractivity contribution in [3.05, 3.63) is 0 Å². The summed E-state index contributed by atoms with van der Waals surface area (Å²) in [4.78, 5) is 57.4. The molecule has 0 aliphatic rings. The third kappa shape index (κ3) is 21.6. The lowest BCUT2D eigenvalue weighted by molar-refractivity contribution is -0.145. The molecule has 0 spiro atoms. The molecule has 0 aromatic heterocycles. The second-order valence-electron chi connectivity index (χ2n) is 10.4. The molecule has 0 saturated heterocycles. The fraction of sp³-hybridized carbons (Fsp3) is 0.828. The molecule has 1 amide bonds. The summed E-state index contributed by atoms with van der Waals surface area (Å²) in [6.07, 6.45) is 16.7. The van der Waals surface area contributed by atoms with Crippen LogP contribution in [-0.2, 0) is 24.0 Å². The van der Waals surface area contributed by atoms with Crippen molar-refractivity contribution in [2.24, 2.45) is 5.92 Å². The van der Waals surface area contributed by atoms with Crippen molar-refractivity contribution >= 4 is 29.6 Å². The molecule has 0 aromatic carbocycles. The maximum absolute atomic E-state index is 12.3. The first-order chi connectivity index (χ1) is 18.2. The van der Waals surface area contributed by atoms with Gasteiger partial charge in [-0.2, -0.15) is 0 Å². The van der Waals surface area contributed by atoms with E-state index in [1.54, 1.807) is 0 Å². The Hall–Kier alpha value is -2.45. The van der Waals surface area contributed by atoms with Gasteiger partial charge < -0.3 is 20.6 Å². The number of hydrogen-bond acceptors (Lipinski definition) is 5. The van der Waals surface area contributed by atoms with Crippen molar-refractivity contribution in [2.75, 3.05) is 0 Å². The zero-order valence-electron chi connectivity index (χ0n) is 23.4. The summed E-state index contributed by atoms with van der Waals surface area (Å²) in [6.45, 7) is 1.82. The fourth-order valence-electron chi connectivity index (χ4n) is 4.53. The van der Waals surface area contributed by atoms with E-state index in [0.717, 1.165) is 44.9 Å². The molecular weight excluding hydrogens is 490 g/mol. The van der Waals surface area contributed by atoms with E-state index in [9.17, 15) is 29.1 Å². The van der Waals surface area contributed by atoms with Gasteiger partial charge in [0, 0.05) is 25.7 Å². The normalized spacial score (nSPS) is 12.6. The van der Waals surface area contributed by atoms with Gasteiger partial charge in [0.2, 0.25) is 5.91 Å². The fourth-order valence-corrected chi connectivity index (χ4v) is 4.53. The van der Waals surface area contributed by atoms with Crippen LogP contribution in [0.4, 0.5) is 0 Å². The Bertz CT molecular complexity index is 694. The van der Waals surface area contributed by atoms with Gasteiger partial charge in [-0.05, 0) is 25.7 Å². The number of carbonyl (C=O) groups excluding carboxylic acids is 2. The summed E-state index contributed by atoms with van der Waals surface area (Å²) >= 11 is 0. The largest absolute Gasteiger partial charge is 0.481 e. The van der Waals surface area contributed by atoms with E-state index in [1.807, 2.05) is 6.92 Å². The molecule has 0 heterocycles. The maximum Gasteiger partial charge on any atom is 0.326 e. The highest BCUT2D eigenvalue weighted by Gasteiger charge is 2.24. The van der Waals surface area contributed by atoms with Crippen LogP contribution in [0.25, 0.3) is 0 Å². The predicted octanol–water partition coefficient (Wildman–Crippen LogP) is 6.12. The van der Waals surface area contributed by atoms with E-state index in [4.69, 9.17) is 10.2 Å². The molecule has 0 saturated carbocycles. The van der Waals surface area contributed by atoms with Crippen LogP contribution < -0.4 is 5.32 Å². The molecule has 2 atom stereocenters. The van der Waals surface area contributed by atoms with E-state index in [0.29, 0.717) is 19.3 Å². The second kappa shape index (κ2) is 23.7. The summed E-state index contributed by atoms with van der Waals surface area (Å²) in [5, 5.41) is 29.6. The highest BCUT2D eigenvalue weighted by atomic mass is 16.4. The summed E-state index contributed by atoms with van der Waals surface area (Å²) in [7, 11) is 0. The second-order valence-corrected chi connectivity index (χ2v) is 10.4. The predicted molar refractivity (Wildman–Crippen MR) is 146 cm³/mol. The highest BCUT2D eigenvalue weighted by molar-refractivity contribution is 5.85. The molecule has 220 valence electrons. The van der Waals surface area contributed by atoms with Gasteiger partial charge in [-0.3, -0.25) is 19.2 Å². The Balaban J connectivity index is 3.78. The molecule has 0 radical (unpaired) electrons.